The van der Waals surface area contributed by atoms with E-state index in [1.165, 1.54) is 6.07 Å². The van der Waals surface area contributed by atoms with Crippen molar-refractivity contribution in [1.29, 1.82) is 0 Å². The Morgan fingerprint density at radius 1 is 0.889 bits per heavy atom. The van der Waals surface area contributed by atoms with E-state index < -0.39 is 17.7 Å². The number of hydrogen-bond acceptors (Lipinski definition) is 2. The number of rotatable bonds is 5. The van der Waals surface area contributed by atoms with Gasteiger partial charge in [-0.3, -0.25) is 4.79 Å². The van der Waals surface area contributed by atoms with Crippen LogP contribution in [0.1, 0.15) is 36.9 Å². The van der Waals surface area contributed by atoms with Crippen LogP contribution in [0.5, 0.6) is 5.75 Å². The fourth-order valence-electron chi connectivity index (χ4n) is 2.99. The van der Waals surface area contributed by atoms with Crippen molar-refractivity contribution in [2.45, 2.75) is 25.8 Å². The lowest BCUT2D eigenvalue weighted by molar-refractivity contribution is -0.122. The third kappa shape index (κ3) is 4.08. The highest BCUT2D eigenvalue weighted by Gasteiger charge is 2.19. The quantitative estimate of drug-likeness (QED) is 0.679. The number of amides is 1. The van der Waals surface area contributed by atoms with E-state index in [9.17, 15) is 13.6 Å². The lowest BCUT2D eigenvalue weighted by atomic mass is 9.96. The number of ether oxygens (including phenoxy) is 1. The maximum Gasteiger partial charge on any atom is 0.227 e. The molecule has 3 nitrogen and oxygen atoms in total. The van der Waals surface area contributed by atoms with Gasteiger partial charge in [0.1, 0.15) is 5.75 Å². The summed E-state index contributed by atoms with van der Waals surface area (Å²) in [4.78, 5) is 12.6. The zero-order valence-corrected chi connectivity index (χ0v) is 15.4. The van der Waals surface area contributed by atoms with Gasteiger partial charge in [0.25, 0.3) is 0 Å². The first-order valence-electron chi connectivity index (χ1n) is 8.72. The van der Waals surface area contributed by atoms with Gasteiger partial charge in [-0.25, -0.2) is 8.78 Å². The zero-order valence-electron chi connectivity index (χ0n) is 15.4. The molecule has 3 rings (SSSR count). The number of hydrogen-bond donors (Lipinski definition) is 1. The summed E-state index contributed by atoms with van der Waals surface area (Å²) in [5.41, 5.74) is 1.39. The van der Waals surface area contributed by atoms with Crippen LogP contribution in [0.25, 0.3) is 10.8 Å². The largest absolute Gasteiger partial charge is 0.497 e. The average Bonchev–Trinajstić information content (AvgIpc) is 2.68. The molecule has 27 heavy (non-hydrogen) atoms. The van der Waals surface area contributed by atoms with Gasteiger partial charge < -0.3 is 10.1 Å². The highest BCUT2D eigenvalue weighted by Crippen LogP contribution is 2.26. The third-order valence-electron chi connectivity index (χ3n) is 4.77. The van der Waals surface area contributed by atoms with Crippen LogP contribution < -0.4 is 10.1 Å². The van der Waals surface area contributed by atoms with Crippen LogP contribution in [-0.4, -0.2) is 13.0 Å². The van der Waals surface area contributed by atoms with Crippen LogP contribution in [0.3, 0.4) is 0 Å². The summed E-state index contributed by atoms with van der Waals surface area (Å²) in [6.07, 6.45) is 0. The Morgan fingerprint density at radius 3 is 2.26 bits per heavy atom. The first-order valence-corrected chi connectivity index (χ1v) is 8.72. The number of halogens is 2. The highest BCUT2D eigenvalue weighted by atomic mass is 19.2. The van der Waals surface area contributed by atoms with Crippen LogP contribution >= 0.6 is 0 Å². The number of benzene rings is 3. The summed E-state index contributed by atoms with van der Waals surface area (Å²) in [5.74, 6) is -1.62. The van der Waals surface area contributed by atoms with Gasteiger partial charge in [-0.1, -0.05) is 30.3 Å². The van der Waals surface area contributed by atoms with E-state index >= 15 is 0 Å². The number of fused-ring (bicyclic) bond motifs is 1. The lowest BCUT2D eigenvalue weighted by Crippen LogP contribution is -2.30. The van der Waals surface area contributed by atoms with E-state index in [1.54, 1.807) is 14.0 Å². The molecule has 5 heteroatoms. The van der Waals surface area contributed by atoms with Gasteiger partial charge in [0, 0.05) is 0 Å². The Hall–Kier alpha value is -2.95. The summed E-state index contributed by atoms with van der Waals surface area (Å²) < 4.78 is 31.7. The topological polar surface area (TPSA) is 38.3 Å². The van der Waals surface area contributed by atoms with E-state index in [2.05, 4.69) is 5.32 Å². The SMILES string of the molecule is COc1ccc2cc([C@H](C)C(=O)N[C@H](C)c3ccc(F)c(F)c3)ccc2c1. The van der Waals surface area contributed by atoms with Crippen LogP contribution in [0, 0.1) is 11.6 Å². The van der Waals surface area contributed by atoms with Gasteiger partial charge in [0.2, 0.25) is 5.91 Å². The molecule has 3 aromatic rings. The van der Waals surface area contributed by atoms with Crippen LogP contribution in [0.4, 0.5) is 8.78 Å². The van der Waals surface area contributed by atoms with Gasteiger partial charge >= 0.3 is 0 Å². The standard InChI is InChI=1S/C22H21F2NO2/c1-13(15-4-5-18-11-19(27-3)8-6-17(18)10-15)22(26)25-14(2)16-7-9-20(23)21(24)12-16/h4-14H,1-3H3,(H,25,26)/t13-,14+/m0/s1. The normalized spacial score (nSPS) is 13.2. The van der Waals surface area contributed by atoms with Crippen molar-refractivity contribution in [3.05, 3.63) is 77.4 Å². The number of methoxy groups -OCH3 is 1. The molecule has 0 radical (unpaired) electrons. The smallest absolute Gasteiger partial charge is 0.227 e. The second-order valence-electron chi connectivity index (χ2n) is 6.60. The Kier molecular flexibility index (Phi) is 5.40. The van der Waals surface area contributed by atoms with Gasteiger partial charge in [0.15, 0.2) is 11.6 Å². The lowest BCUT2D eigenvalue weighted by Gasteiger charge is -2.19. The van der Waals surface area contributed by atoms with Crippen molar-refractivity contribution >= 4 is 16.7 Å². The average molecular weight is 369 g/mol. The minimum atomic E-state index is -0.924. The molecule has 2 atom stereocenters. The molecule has 0 aliphatic heterocycles. The van der Waals surface area contributed by atoms with Crippen molar-refractivity contribution in [3.8, 4) is 5.75 Å². The second kappa shape index (κ2) is 7.74. The fourth-order valence-corrected chi connectivity index (χ4v) is 2.99. The molecule has 3 aromatic carbocycles. The van der Waals surface area contributed by atoms with Gasteiger partial charge in [0.05, 0.1) is 19.1 Å². The Bertz CT molecular complexity index is 987. The minimum Gasteiger partial charge on any atom is -0.497 e. The molecule has 0 aromatic heterocycles. The maximum absolute atomic E-state index is 13.4. The van der Waals surface area contributed by atoms with Crippen molar-refractivity contribution in [3.63, 3.8) is 0 Å². The zero-order chi connectivity index (χ0) is 19.6. The van der Waals surface area contributed by atoms with E-state index in [0.717, 1.165) is 34.2 Å². The molecule has 0 aliphatic carbocycles. The van der Waals surface area contributed by atoms with Gasteiger partial charge in [-0.2, -0.15) is 0 Å². The van der Waals surface area contributed by atoms with Crippen LogP contribution in [0.2, 0.25) is 0 Å². The van der Waals surface area contributed by atoms with Gasteiger partial charge in [-0.05, 0) is 60.0 Å². The van der Waals surface area contributed by atoms with Crippen molar-refractivity contribution in [1.82, 2.24) is 5.32 Å². The number of nitrogens with one attached hydrogen (secondary N) is 1. The van der Waals surface area contributed by atoms with E-state index in [-0.39, 0.29) is 11.8 Å². The number of carbonyl (C=O) groups is 1. The molecule has 0 aliphatic rings. The predicted octanol–water partition coefficient (Wildman–Crippen LogP) is 5.11. The Morgan fingerprint density at radius 2 is 1.56 bits per heavy atom. The Balaban J connectivity index is 1.76. The molecule has 0 saturated carbocycles. The molecule has 1 N–H and O–H groups in total. The second-order valence-corrected chi connectivity index (χ2v) is 6.60. The summed E-state index contributed by atoms with van der Waals surface area (Å²) >= 11 is 0. The molecule has 0 spiro atoms. The predicted molar refractivity (Wildman–Crippen MR) is 102 cm³/mol. The molecule has 0 saturated heterocycles. The molecule has 140 valence electrons. The van der Waals surface area contributed by atoms with Crippen LogP contribution in [0.15, 0.2) is 54.6 Å². The van der Waals surface area contributed by atoms with E-state index in [1.807, 2.05) is 43.3 Å². The summed E-state index contributed by atoms with van der Waals surface area (Å²) in [5, 5.41) is 4.90. The van der Waals surface area contributed by atoms with Crippen molar-refractivity contribution < 1.29 is 18.3 Å². The van der Waals surface area contributed by atoms with Crippen molar-refractivity contribution in [2.75, 3.05) is 7.11 Å². The summed E-state index contributed by atoms with van der Waals surface area (Å²) in [7, 11) is 1.62. The molecular weight excluding hydrogens is 348 g/mol. The first kappa shape index (κ1) is 18.8. The first-order chi connectivity index (χ1) is 12.9. The van der Waals surface area contributed by atoms with Crippen LogP contribution in [-0.2, 0) is 4.79 Å². The van der Waals surface area contributed by atoms with E-state index in [0.29, 0.717) is 5.56 Å². The molecule has 0 fully saturated rings. The van der Waals surface area contributed by atoms with Crippen molar-refractivity contribution in [2.24, 2.45) is 0 Å². The highest BCUT2D eigenvalue weighted by molar-refractivity contribution is 5.88. The summed E-state index contributed by atoms with van der Waals surface area (Å²) in [6.45, 7) is 3.56. The third-order valence-corrected chi connectivity index (χ3v) is 4.77. The molecule has 1 amide bonds. The summed E-state index contributed by atoms with van der Waals surface area (Å²) in [6, 6.07) is 14.8. The maximum atomic E-state index is 13.4. The molecule has 0 heterocycles. The van der Waals surface area contributed by atoms with E-state index in [4.69, 9.17) is 4.74 Å². The molecular formula is C22H21F2NO2. The Labute approximate surface area is 157 Å². The monoisotopic (exact) mass is 369 g/mol. The minimum absolute atomic E-state index is 0.180. The fraction of sp³-hybridized carbons (Fsp3) is 0.227. The molecule has 0 unspecified atom stereocenters. The van der Waals surface area contributed by atoms with Gasteiger partial charge in [-0.15, -0.1) is 0 Å². The molecule has 0 bridgehead atoms. The number of carbonyl (C=O) groups excluding carboxylic acids is 1.